The van der Waals surface area contributed by atoms with Gasteiger partial charge in [0.05, 0.1) is 7.11 Å². The molecular formula is C13H25NOSi2. The van der Waals surface area contributed by atoms with E-state index in [0.29, 0.717) is 0 Å². The van der Waals surface area contributed by atoms with Crippen LogP contribution < -0.4 is 8.97 Å². The summed E-state index contributed by atoms with van der Waals surface area (Å²) in [6.07, 6.45) is 0. The van der Waals surface area contributed by atoms with E-state index in [9.17, 15) is 0 Å². The van der Waals surface area contributed by atoms with Crippen molar-refractivity contribution in [2.24, 2.45) is 0 Å². The van der Waals surface area contributed by atoms with Gasteiger partial charge in [-0.05, 0) is 24.3 Å². The first-order valence-corrected chi connectivity index (χ1v) is 13.0. The van der Waals surface area contributed by atoms with Crippen molar-refractivity contribution in [1.29, 1.82) is 0 Å². The maximum absolute atomic E-state index is 5.22. The number of rotatable bonds is 4. The van der Waals surface area contributed by atoms with Gasteiger partial charge in [-0.15, -0.1) is 0 Å². The lowest BCUT2D eigenvalue weighted by molar-refractivity contribution is 0.415. The summed E-state index contributed by atoms with van der Waals surface area (Å²) in [5.41, 5.74) is 1.35. The third kappa shape index (κ3) is 3.61. The van der Waals surface area contributed by atoms with E-state index >= 15 is 0 Å². The van der Waals surface area contributed by atoms with Crippen molar-refractivity contribution in [2.45, 2.75) is 39.3 Å². The summed E-state index contributed by atoms with van der Waals surface area (Å²) in [6, 6.07) is 8.50. The molecule has 0 aliphatic rings. The minimum atomic E-state index is -1.34. The van der Waals surface area contributed by atoms with Crippen molar-refractivity contribution in [1.82, 2.24) is 0 Å². The molecule has 4 heteroatoms. The summed E-state index contributed by atoms with van der Waals surface area (Å²) in [6.45, 7) is 14.5. The molecule has 1 rings (SSSR count). The van der Waals surface area contributed by atoms with Crippen LogP contribution >= 0.6 is 0 Å². The van der Waals surface area contributed by atoms with Gasteiger partial charge in [0.2, 0.25) is 0 Å². The van der Waals surface area contributed by atoms with Crippen LogP contribution in [-0.4, -0.2) is 23.6 Å². The number of hydrogen-bond donors (Lipinski definition) is 0. The predicted octanol–water partition coefficient (Wildman–Crippen LogP) is 4.17. The van der Waals surface area contributed by atoms with Gasteiger partial charge in [-0.3, -0.25) is 0 Å². The Morgan fingerprint density at radius 3 is 1.53 bits per heavy atom. The molecule has 0 heterocycles. The Bertz CT molecular complexity index is 348. The van der Waals surface area contributed by atoms with Crippen molar-refractivity contribution in [2.75, 3.05) is 11.3 Å². The van der Waals surface area contributed by atoms with Crippen LogP contribution in [0, 0.1) is 0 Å². The van der Waals surface area contributed by atoms with E-state index in [1.54, 1.807) is 7.11 Å². The van der Waals surface area contributed by atoms with Crippen molar-refractivity contribution >= 4 is 22.2 Å². The Morgan fingerprint density at radius 2 is 1.24 bits per heavy atom. The Hall–Kier alpha value is -0.746. The summed E-state index contributed by atoms with van der Waals surface area (Å²) < 4.78 is 7.93. The van der Waals surface area contributed by atoms with Crippen LogP contribution in [-0.2, 0) is 0 Å². The average molecular weight is 268 g/mol. The van der Waals surface area contributed by atoms with Crippen molar-refractivity contribution in [3.63, 3.8) is 0 Å². The molecule has 1 aromatic carbocycles. The highest BCUT2D eigenvalue weighted by Gasteiger charge is 2.34. The maximum Gasteiger partial charge on any atom is 0.138 e. The fourth-order valence-electron chi connectivity index (χ4n) is 2.51. The predicted molar refractivity (Wildman–Crippen MR) is 82.2 cm³/mol. The van der Waals surface area contributed by atoms with E-state index in [2.05, 4.69) is 67.8 Å². The van der Waals surface area contributed by atoms with E-state index in [1.807, 2.05) is 0 Å². The molecule has 0 aromatic heterocycles. The second-order valence-corrected chi connectivity index (χ2v) is 16.4. The highest BCUT2D eigenvalue weighted by atomic mass is 28.4. The Balaban J connectivity index is 3.14. The Kier molecular flexibility index (Phi) is 4.09. The highest BCUT2D eigenvalue weighted by molar-refractivity contribution is 6.99. The van der Waals surface area contributed by atoms with Crippen LogP contribution in [0.4, 0.5) is 5.69 Å². The van der Waals surface area contributed by atoms with Gasteiger partial charge in [0, 0.05) is 5.69 Å². The molecule has 0 unspecified atom stereocenters. The van der Waals surface area contributed by atoms with E-state index < -0.39 is 16.5 Å². The zero-order valence-electron chi connectivity index (χ0n) is 12.2. The number of hydrogen-bond acceptors (Lipinski definition) is 2. The number of ether oxygens (including phenoxy) is 1. The second-order valence-electron chi connectivity index (χ2n) is 6.38. The van der Waals surface area contributed by atoms with Crippen LogP contribution in [0.5, 0.6) is 5.75 Å². The quantitative estimate of drug-likeness (QED) is 0.759. The molecule has 0 spiro atoms. The fourth-order valence-corrected chi connectivity index (χ4v) is 12.4. The van der Waals surface area contributed by atoms with Gasteiger partial charge < -0.3 is 8.97 Å². The van der Waals surface area contributed by atoms with Crippen LogP contribution in [0.25, 0.3) is 0 Å². The van der Waals surface area contributed by atoms with Gasteiger partial charge in [-0.2, -0.15) is 0 Å². The molecule has 0 radical (unpaired) electrons. The van der Waals surface area contributed by atoms with Crippen LogP contribution in [0.3, 0.4) is 0 Å². The monoisotopic (exact) mass is 267 g/mol. The van der Waals surface area contributed by atoms with Gasteiger partial charge in [0.1, 0.15) is 22.2 Å². The van der Waals surface area contributed by atoms with E-state index in [1.165, 1.54) is 5.69 Å². The standard InChI is InChI=1S/C13H25NOSi2/c1-15-13-10-8-12(9-11-13)14(16(2,3)4)17(5,6)7/h8-11H,1-7H3. The smallest absolute Gasteiger partial charge is 0.138 e. The first-order chi connectivity index (χ1) is 7.66. The zero-order chi connectivity index (χ0) is 13.3. The van der Waals surface area contributed by atoms with Crippen molar-refractivity contribution < 1.29 is 4.74 Å². The fraction of sp³-hybridized carbons (Fsp3) is 0.538. The summed E-state index contributed by atoms with van der Waals surface area (Å²) in [5, 5.41) is 0. The molecule has 0 saturated carbocycles. The van der Waals surface area contributed by atoms with Crippen molar-refractivity contribution in [3.05, 3.63) is 24.3 Å². The summed E-state index contributed by atoms with van der Waals surface area (Å²) in [7, 11) is -0.960. The van der Waals surface area contributed by atoms with E-state index in [-0.39, 0.29) is 0 Å². The molecule has 1 aromatic rings. The Labute approximate surface area is 108 Å². The number of benzene rings is 1. The first kappa shape index (κ1) is 14.3. The molecular weight excluding hydrogens is 242 g/mol. The largest absolute Gasteiger partial charge is 0.497 e. The molecule has 0 aliphatic carbocycles. The zero-order valence-corrected chi connectivity index (χ0v) is 14.2. The van der Waals surface area contributed by atoms with Gasteiger partial charge in [-0.1, -0.05) is 39.3 Å². The third-order valence-electron chi connectivity index (χ3n) is 2.67. The van der Waals surface area contributed by atoms with Crippen LogP contribution in [0.2, 0.25) is 39.3 Å². The lowest BCUT2D eigenvalue weighted by Crippen LogP contribution is -2.59. The molecule has 17 heavy (non-hydrogen) atoms. The van der Waals surface area contributed by atoms with Gasteiger partial charge in [0.15, 0.2) is 0 Å². The minimum absolute atomic E-state index is 0.930. The second kappa shape index (κ2) is 4.86. The topological polar surface area (TPSA) is 12.5 Å². The van der Waals surface area contributed by atoms with Crippen molar-refractivity contribution in [3.8, 4) is 5.75 Å². The molecule has 0 atom stereocenters. The van der Waals surface area contributed by atoms with Crippen LogP contribution in [0.1, 0.15) is 0 Å². The normalized spacial score (nSPS) is 12.4. The summed E-state index contributed by atoms with van der Waals surface area (Å²) in [4.78, 5) is 0. The minimum Gasteiger partial charge on any atom is -0.497 e. The van der Waals surface area contributed by atoms with E-state index in [4.69, 9.17) is 4.74 Å². The first-order valence-electron chi connectivity index (χ1n) is 6.10. The molecule has 0 amide bonds. The van der Waals surface area contributed by atoms with Gasteiger partial charge in [0.25, 0.3) is 0 Å². The molecule has 0 N–H and O–H groups in total. The molecule has 0 fully saturated rings. The molecule has 0 aliphatic heterocycles. The number of methoxy groups -OCH3 is 1. The molecule has 96 valence electrons. The van der Waals surface area contributed by atoms with Crippen LogP contribution in [0.15, 0.2) is 24.3 Å². The molecule has 0 bridgehead atoms. The third-order valence-corrected chi connectivity index (χ3v) is 9.90. The lowest BCUT2D eigenvalue weighted by atomic mass is 10.3. The van der Waals surface area contributed by atoms with Gasteiger partial charge in [-0.25, -0.2) is 0 Å². The average Bonchev–Trinajstić information content (AvgIpc) is 2.14. The SMILES string of the molecule is COc1ccc(N([Si](C)(C)C)[Si](C)(C)C)cc1. The summed E-state index contributed by atoms with van der Waals surface area (Å²) >= 11 is 0. The number of anilines is 1. The summed E-state index contributed by atoms with van der Waals surface area (Å²) in [5.74, 6) is 0.930. The molecule has 0 saturated heterocycles. The van der Waals surface area contributed by atoms with E-state index in [0.717, 1.165) is 5.75 Å². The maximum atomic E-state index is 5.22. The lowest BCUT2D eigenvalue weighted by Gasteiger charge is -2.46. The van der Waals surface area contributed by atoms with Gasteiger partial charge >= 0.3 is 0 Å². The number of nitrogens with zero attached hydrogens (tertiary/aromatic N) is 1. The Morgan fingerprint density at radius 1 is 0.824 bits per heavy atom. The highest BCUT2D eigenvalue weighted by Crippen LogP contribution is 2.29. The molecule has 2 nitrogen and oxygen atoms in total.